The van der Waals surface area contributed by atoms with E-state index in [1.54, 1.807) is 0 Å². The molecule has 17 heavy (non-hydrogen) atoms. The third-order valence-corrected chi connectivity index (χ3v) is 3.09. The van der Waals surface area contributed by atoms with Gasteiger partial charge in [0.05, 0.1) is 6.26 Å². The number of hydrogen-bond acceptors (Lipinski definition) is 2. The maximum Gasteiger partial charge on any atom is 0.137 e. The minimum absolute atomic E-state index is 0.541. The Morgan fingerprint density at radius 2 is 2.06 bits per heavy atom. The molecule has 0 atom stereocenters. The normalized spacial score (nSPS) is 11.5. The van der Waals surface area contributed by atoms with Crippen molar-refractivity contribution in [3.05, 3.63) is 35.6 Å². The molecule has 0 saturated carbocycles. The molecule has 0 fully saturated rings. The minimum atomic E-state index is 0.541. The Kier molecular flexibility index (Phi) is 3.85. The highest BCUT2D eigenvalue weighted by Crippen LogP contribution is 2.25. The fourth-order valence-corrected chi connectivity index (χ4v) is 2.14. The number of fused-ring (bicyclic) bond motifs is 1. The first-order valence-corrected chi connectivity index (χ1v) is 6.43. The molecule has 2 rings (SSSR count). The summed E-state index contributed by atoms with van der Waals surface area (Å²) in [4.78, 5) is 0. The second kappa shape index (κ2) is 5.37. The number of aryl methyl sites for hydroxylation is 1. The fraction of sp³-hybridized carbons (Fsp3) is 0.467. The summed E-state index contributed by atoms with van der Waals surface area (Å²) in [6.45, 7) is 7.51. The SMILES string of the molecule is CCc1cccc2c(CCNC(C)C)coc12. The van der Waals surface area contributed by atoms with E-state index in [1.165, 1.54) is 16.5 Å². The topological polar surface area (TPSA) is 25.2 Å². The molecule has 0 aliphatic heterocycles. The van der Waals surface area contributed by atoms with Crippen LogP contribution in [0.15, 0.2) is 28.9 Å². The van der Waals surface area contributed by atoms with E-state index in [1.807, 2.05) is 6.26 Å². The van der Waals surface area contributed by atoms with Gasteiger partial charge in [0, 0.05) is 11.4 Å². The fourth-order valence-electron chi connectivity index (χ4n) is 2.14. The molecule has 2 nitrogen and oxygen atoms in total. The first-order chi connectivity index (χ1) is 8.22. The van der Waals surface area contributed by atoms with Crippen molar-refractivity contribution in [3.63, 3.8) is 0 Å². The maximum absolute atomic E-state index is 5.70. The van der Waals surface area contributed by atoms with Crippen LogP contribution < -0.4 is 5.32 Å². The van der Waals surface area contributed by atoms with Gasteiger partial charge in [-0.3, -0.25) is 0 Å². The summed E-state index contributed by atoms with van der Waals surface area (Å²) in [6.07, 6.45) is 3.96. The van der Waals surface area contributed by atoms with Gasteiger partial charge in [-0.1, -0.05) is 39.0 Å². The Bertz CT molecular complexity index is 485. The average molecular weight is 231 g/mol. The lowest BCUT2D eigenvalue weighted by atomic mass is 10.1. The zero-order chi connectivity index (χ0) is 12.3. The van der Waals surface area contributed by atoms with Crippen LogP contribution in [0, 0.1) is 0 Å². The molecule has 0 saturated heterocycles. The Morgan fingerprint density at radius 3 is 2.76 bits per heavy atom. The lowest BCUT2D eigenvalue weighted by molar-refractivity contribution is 0.579. The maximum atomic E-state index is 5.70. The van der Waals surface area contributed by atoms with E-state index in [4.69, 9.17) is 4.42 Å². The second-order valence-electron chi connectivity index (χ2n) is 4.77. The molecule has 0 unspecified atom stereocenters. The van der Waals surface area contributed by atoms with Crippen molar-refractivity contribution in [3.8, 4) is 0 Å². The van der Waals surface area contributed by atoms with Crippen LogP contribution in [0.3, 0.4) is 0 Å². The molecule has 0 aliphatic carbocycles. The highest BCUT2D eigenvalue weighted by atomic mass is 16.3. The predicted octanol–water partition coefficient (Wildman–Crippen LogP) is 3.54. The molecule has 2 heteroatoms. The largest absolute Gasteiger partial charge is 0.464 e. The smallest absolute Gasteiger partial charge is 0.137 e. The molecule has 0 amide bonds. The lowest BCUT2D eigenvalue weighted by Gasteiger charge is -2.06. The summed E-state index contributed by atoms with van der Waals surface area (Å²) >= 11 is 0. The van der Waals surface area contributed by atoms with E-state index in [9.17, 15) is 0 Å². The number of para-hydroxylation sites is 1. The van der Waals surface area contributed by atoms with Crippen LogP contribution in [-0.2, 0) is 12.8 Å². The van der Waals surface area contributed by atoms with E-state index >= 15 is 0 Å². The highest BCUT2D eigenvalue weighted by Gasteiger charge is 2.08. The summed E-state index contributed by atoms with van der Waals surface area (Å²) in [5.41, 5.74) is 3.67. The van der Waals surface area contributed by atoms with Crippen LogP contribution in [0.25, 0.3) is 11.0 Å². The Balaban J connectivity index is 2.18. The summed E-state index contributed by atoms with van der Waals surface area (Å²) in [5, 5.41) is 4.71. The molecule has 0 aliphatic rings. The van der Waals surface area contributed by atoms with Crippen molar-refractivity contribution in [1.82, 2.24) is 5.32 Å². The van der Waals surface area contributed by atoms with Gasteiger partial charge in [-0.2, -0.15) is 0 Å². The van der Waals surface area contributed by atoms with Gasteiger partial charge in [-0.25, -0.2) is 0 Å². The Morgan fingerprint density at radius 1 is 1.24 bits per heavy atom. The molecule has 1 aromatic carbocycles. The van der Waals surface area contributed by atoms with Gasteiger partial charge in [0.15, 0.2) is 0 Å². The number of benzene rings is 1. The van der Waals surface area contributed by atoms with Gasteiger partial charge in [0.2, 0.25) is 0 Å². The molecular weight excluding hydrogens is 210 g/mol. The molecule has 1 N–H and O–H groups in total. The third-order valence-electron chi connectivity index (χ3n) is 3.09. The molecule has 0 radical (unpaired) electrons. The molecule has 0 bridgehead atoms. The van der Waals surface area contributed by atoms with E-state index in [0.29, 0.717) is 6.04 Å². The van der Waals surface area contributed by atoms with Crippen LogP contribution in [0.2, 0.25) is 0 Å². The van der Waals surface area contributed by atoms with Crippen LogP contribution in [-0.4, -0.2) is 12.6 Å². The lowest BCUT2D eigenvalue weighted by Crippen LogP contribution is -2.24. The first-order valence-electron chi connectivity index (χ1n) is 6.43. The van der Waals surface area contributed by atoms with Crippen LogP contribution in [0.4, 0.5) is 0 Å². The molecule has 1 heterocycles. The summed E-state index contributed by atoms with van der Waals surface area (Å²) < 4.78 is 5.70. The van der Waals surface area contributed by atoms with Crippen molar-refractivity contribution < 1.29 is 4.42 Å². The average Bonchev–Trinajstić information content (AvgIpc) is 2.72. The molecule has 92 valence electrons. The van der Waals surface area contributed by atoms with Gasteiger partial charge >= 0.3 is 0 Å². The number of rotatable bonds is 5. The molecular formula is C15H21NO. The zero-order valence-electron chi connectivity index (χ0n) is 10.9. The second-order valence-corrected chi connectivity index (χ2v) is 4.77. The van der Waals surface area contributed by atoms with Gasteiger partial charge in [0.1, 0.15) is 5.58 Å². The van der Waals surface area contributed by atoms with Crippen molar-refractivity contribution >= 4 is 11.0 Å². The quantitative estimate of drug-likeness (QED) is 0.851. The van der Waals surface area contributed by atoms with Gasteiger partial charge in [-0.05, 0) is 30.5 Å². The third kappa shape index (κ3) is 2.70. The van der Waals surface area contributed by atoms with Crippen molar-refractivity contribution in [2.75, 3.05) is 6.54 Å². The van der Waals surface area contributed by atoms with Crippen LogP contribution in [0.5, 0.6) is 0 Å². The van der Waals surface area contributed by atoms with E-state index in [0.717, 1.165) is 25.0 Å². The van der Waals surface area contributed by atoms with E-state index < -0.39 is 0 Å². The predicted molar refractivity (Wildman–Crippen MR) is 72.4 cm³/mol. The number of hydrogen-bond donors (Lipinski definition) is 1. The van der Waals surface area contributed by atoms with Gasteiger partial charge in [-0.15, -0.1) is 0 Å². The van der Waals surface area contributed by atoms with Gasteiger partial charge < -0.3 is 9.73 Å². The number of nitrogens with one attached hydrogen (secondary N) is 1. The Labute approximate surface area is 103 Å². The summed E-state index contributed by atoms with van der Waals surface area (Å²) in [7, 11) is 0. The zero-order valence-corrected chi connectivity index (χ0v) is 10.9. The molecule has 1 aromatic heterocycles. The molecule has 0 spiro atoms. The van der Waals surface area contributed by atoms with Crippen molar-refractivity contribution in [2.24, 2.45) is 0 Å². The van der Waals surface area contributed by atoms with Crippen LogP contribution >= 0.6 is 0 Å². The molecule has 2 aromatic rings. The van der Waals surface area contributed by atoms with E-state index in [-0.39, 0.29) is 0 Å². The number of furan rings is 1. The Hall–Kier alpha value is -1.28. The van der Waals surface area contributed by atoms with Crippen LogP contribution in [0.1, 0.15) is 31.9 Å². The van der Waals surface area contributed by atoms with Crippen molar-refractivity contribution in [2.45, 2.75) is 39.7 Å². The minimum Gasteiger partial charge on any atom is -0.464 e. The highest BCUT2D eigenvalue weighted by molar-refractivity contribution is 5.83. The summed E-state index contributed by atoms with van der Waals surface area (Å²) in [5.74, 6) is 0. The van der Waals surface area contributed by atoms with Gasteiger partial charge in [0.25, 0.3) is 0 Å². The van der Waals surface area contributed by atoms with Crippen molar-refractivity contribution in [1.29, 1.82) is 0 Å². The standard InChI is InChI=1S/C15H21NO/c1-4-12-6-5-7-14-13(10-17-15(12)14)8-9-16-11(2)3/h5-7,10-11,16H,4,8-9H2,1-3H3. The monoisotopic (exact) mass is 231 g/mol. The first kappa shape index (κ1) is 12.2. The van der Waals surface area contributed by atoms with E-state index in [2.05, 4.69) is 44.3 Å². The summed E-state index contributed by atoms with van der Waals surface area (Å²) in [6, 6.07) is 6.96.